The molecule has 1 saturated carbocycles. The van der Waals surface area contributed by atoms with Gasteiger partial charge in [-0.2, -0.15) is 10.4 Å². The Hall–Kier alpha value is -3.13. The highest BCUT2D eigenvalue weighted by Crippen LogP contribution is 2.35. The van der Waals surface area contributed by atoms with E-state index in [1.54, 1.807) is 0 Å². The minimum absolute atomic E-state index is 0.0315. The van der Waals surface area contributed by atoms with Crippen LogP contribution in [0.2, 0.25) is 0 Å². The highest BCUT2D eigenvalue weighted by molar-refractivity contribution is 6.40. The summed E-state index contributed by atoms with van der Waals surface area (Å²) in [5.74, 6) is -0.224. The number of para-hydroxylation sites is 1. The van der Waals surface area contributed by atoms with Gasteiger partial charge in [0.05, 0.1) is 17.8 Å². The van der Waals surface area contributed by atoms with Gasteiger partial charge in [-0.3, -0.25) is 9.80 Å². The Morgan fingerprint density at radius 3 is 2.33 bits per heavy atom. The normalized spacial score (nSPS) is 20.8. The van der Waals surface area contributed by atoms with Gasteiger partial charge in [0.1, 0.15) is 11.3 Å². The standard InChI is InChI=1S/C22H22N4O/c23-16-22(13-7-8-14-22)24-21(27)19-15-20(17-9-3-1-4-10-17)26(25-19)18-11-5-2-6-12-18/h1-6,9-12,20H,7-8,13-15H2,(H,24,27)/t20-/m0/s1. The van der Waals surface area contributed by atoms with Crippen molar-refractivity contribution in [2.75, 3.05) is 5.01 Å². The average Bonchev–Trinajstić information content (AvgIpc) is 3.37. The number of rotatable bonds is 4. The molecule has 5 heteroatoms. The number of benzene rings is 2. The molecule has 4 rings (SSSR count). The molecule has 5 nitrogen and oxygen atoms in total. The Labute approximate surface area is 159 Å². The van der Waals surface area contributed by atoms with Crippen molar-refractivity contribution in [1.29, 1.82) is 5.26 Å². The molecule has 1 amide bonds. The molecule has 2 aromatic carbocycles. The van der Waals surface area contributed by atoms with Crippen molar-refractivity contribution in [2.45, 2.75) is 43.7 Å². The number of amides is 1. The molecular formula is C22H22N4O. The summed E-state index contributed by atoms with van der Waals surface area (Å²) in [6.45, 7) is 0. The summed E-state index contributed by atoms with van der Waals surface area (Å²) in [6, 6.07) is 22.3. The molecule has 27 heavy (non-hydrogen) atoms. The van der Waals surface area contributed by atoms with E-state index in [0.717, 1.165) is 24.1 Å². The summed E-state index contributed by atoms with van der Waals surface area (Å²) >= 11 is 0. The van der Waals surface area contributed by atoms with Crippen molar-refractivity contribution in [3.05, 3.63) is 66.2 Å². The van der Waals surface area contributed by atoms with Crippen molar-refractivity contribution < 1.29 is 4.79 Å². The Kier molecular flexibility index (Phi) is 4.64. The predicted octanol–water partition coefficient (Wildman–Crippen LogP) is 3.95. The largest absolute Gasteiger partial charge is 0.333 e. The van der Waals surface area contributed by atoms with E-state index in [0.29, 0.717) is 25.0 Å². The van der Waals surface area contributed by atoms with Crippen LogP contribution in [0.3, 0.4) is 0 Å². The summed E-state index contributed by atoms with van der Waals surface area (Å²) in [5, 5.41) is 19.1. The average molecular weight is 358 g/mol. The summed E-state index contributed by atoms with van der Waals surface area (Å²) in [4.78, 5) is 12.9. The van der Waals surface area contributed by atoms with Crippen molar-refractivity contribution in [3.63, 3.8) is 0 Å². The SMILES string of the molecule is N#CC1(NC(=O)C2=NN(c3ccccc3)[C@H](c3ccccc3)C2)CCCC1. The van der Waals surface area contributed by atoms with Gasteiger partial charge < -0.3 is 5.32 Å². The summed E-state index contributed by atoms with van der Waals surface area (Å²) in [5.41, 5.74) is 1.81. The van der Waals surface area contributed by atoms with Crippen LogP contribution in [0.15, 0.2) is 65.8 Å². The van der Waals surface area contributed by atoms with Crippen LogP contribution in [0, 0.1) is 11.3 Å². The van der Waals surface area contributed by atoms with Crippen molar-refractivity contribution in [2.24, 2.45) is 5.10 Å². The molecule has 2 aliphatic rings. The van der Waals surface area contributed by atoms with Gasteiger partial charge in [-0.15, -0.1) is 0 Å². The Balaban J connectivity index is 1.62. The minimum atomic E-state index is -0.734. The first-order valence-electron chi connectivity index (χ1n) is 9.41. The molecule has 0 spiro atoms. The topological polar surface area (TPSA) is 68.5 Å². The lowest BCUT2D eigenvalue weighted by molar-refractivity contribution is -0.116. The molecule has 0 aromatic heterocycles. The van der Waals surface area contributed by atoms with Crippen LogP contribution in [-0.4, -0.2) is 17.2 Å². The Morgan fingerprint density at radius 2 is 1.70 bits per heavy atom. The fourth-order valence-electron chi connectivity index (χ4n) is 3.93. The minimum Gasteiger partial charge on any atom is -0.333 e. The molecule has 1 atom stereocenters. The second-order valence-electron chi connectivity index (χ2n) is 7.21. The van der Waals surface area contributed by atoms with E-state index in [1.807, 2.05) is 53.5 Å². The van der Waals surface area contributed by atoms with Crippen molar-refractivity contribution >= 4 is 17.3 Å². The number of carbonyl (C=O) groups is 1. The van der Waals surface area contributed by atoms with Crippen LogP contribution in [-0.2, 0) is 4.79 Å². The predicted molar refractivity (Wildman–Crippen MR) is 105 cm³/mol. The first-order valence-corrected chi connectivity index (χ1v) is 9.41. The number of carbonyl (C=O) groups excluding carboxylic acids is 1. The van der Waals surface area contributed by atoms with Crippen LogP contribution in [0.25, 0.3) is 0 Å². The zero-order valence-corrected chi connectivity index (χ0v) is 15.1. The number of nitrogens with zero attached hydrogens (tertiary/aromatic N) is 3. The third-order valence-electron chi connectivity index (χ3n) is 5.40. The number of hydrogen-bond donors (Lipinski definition) is 1. The molecule has 1 fully saturated rings. The fraction of sp³-hybridized carbons (Fsp3) is 0.318. The maximum Gasteiger partial charge on any atom is 0.268 e. The molecule has 1 heterocycles. The molecule has 0 saturated heterocycles. The highest BCUT2D eigenvalue weighted by Gasteiger charge is 2.39. The number of hydrazone groups is 1. The third-order valence-corrected chi connectivity index (χ3v) is 5.40. The summed E-state index contributed by atoms with van der Waals surface area (Å²) in [6.07, 6.45) is 3.90. The van der Waals surface area contributed by atoms with Gasteiger partial charge in [0, 0.05) is 6.42 Å². The lowest BCUT2D eigenvalue weighted by Crippen LogP contribution is -2.47. The number of anilines is 1. The van der Waals surface area contributed by atoms with Gasteiger partial charge in [0.15, 0.2) is 0 Å². The molecule has 136 valence electrons. The van der Waals surface area contributed by atoms with Gasteiger partial charge in [-0.25, -0.2) is 0 Å². The van der Waals surface area contributed by atoms with E-state index < -0.39 is 5.54 Å². The molecule has 0 unspecified atom stereocenters. The van der Waals surface area contributed by atoms with E-state index in [2.05, 4.69) is 28.6 Å². The molecular weight excluding hydrogens is 336 g/mol. The van der Waals surface area contributed by atoms with E-state index in [1.165, 1.54) is 0 Å². The zero-order valence-electron chi connectivity index (χ0n) is 15.1. The van der Waals surface area contributed by atoms with Gasteiger partial charge in [0.2, 0.25) is 0 Å². The number of nitrogens with one attached hydrogen (secondary N) is 1. The van der Waals surface area contributed by atoms with Gasteiger partial charge >= 0.3 is 0 Å². The van der Waals surface area contributed by atoms with Gasteiger partial charge in [0.25, 0.3) is 5.91 Å². The monoisotopic (exact) mass is 358 g/mol. The lowest BCUT2D eigenvalue weighted by Gasteiger charge is -2.23. The molecule has 2 aromatic rings. The fourth-order valence-corrected chi connectivity index (χ4v) is 3.93. The second-order valence-corrected chi connectivity index (χ2v) is 7.21. The number of nitriles is 1. The summed E-state index contributed by atoms with van der Waals surface area (Å²) < 4.78 is 0. The highest BCUT2D eigenvalue weighted by atomic mass is 16.2. The Bertz CT molecular complexity index is 880. The molecule has 1 N–H and O–H groups in total. The smallest absolute Gasteiger partial charge is 0.268 e. The van der Waals surface area contributed by atoms with Crippen LogP contribution < -0.4 is 10.3 Å². The molecule has 1 aliphatic heterocycles. The van der Waals surface area contributed by atoms with Crippen molar-refractivity contribution in [3.8, 4) is 6.07 Å². The van der Waals surface area contributed by atoms with E-state index in [-0.39, 0.29) is 11.9 Å². The quantitative estimate of drug-likeness (QED) is 0.900. The zero-order chi connectivity index (χ0) is 18.7. The van der Waals surface area contributed by atoms with Crippen LogP contribution in [0.4, 0.5) is 5.69 Å². The maximum atomic E-state index is 12.9. The Morgan fingerprint density at radius 1 is 1.07 bits per heavy atom. The third kappa shape index (κ3) is 3.43. The van der Waals surface area contributed by atoms with Gasteiger partial charge in [-0.1, -0.05) is 48.5 Å². The first-order chi connectivity index (χ1) is 13.2. The van der Waals surface area contributed by atoms with E-state index in [4.69, 9.17) is 0 Å². The first kappa shape index (κ1) is 17.3. The van der Waals surface area contributed by atoms with E-state index in [9.17, 15) is 10.1 Å². The van der Waals surface area contributed by atoms with Crippen LogP contribution in [0.1, 0.15) is 43.7 Å². The molecule has 1 aliphatic carbocycles. The van der Waals surface area contributed by atoms with Crippen LogP contribution >= 0.6 is 0 Å². The molecule has 0 bridgehead atoms. The van der Waals surface area contributed by atoms with E-state index >= 15 is 0 Å². The maximum absolute atomic E-state index is 12.9. The van der Waals surface area contributed by atoms with Gasteiger partial charge in [-0.05, 0) is 43.4 Å². The van der Waals surface area contributed by atoms with Crippen molar-refractivity contribution in [1.82, 2.24) is 5.32 Å². The van der Waals surface area contributed by atoms with Crippen LogP contribution in [0.5, 0.6) is 0 Å². The lowest BCUT2D eigenvalue weighted by atomic mass is 9.98. The number of hydrogen-bond acceptors (Lipinski definition) is 4. The summed E-state index contributed by atoms with van der Waals surface area (Å²) in [7, 11) is 0. The molecule has 0 radical (unpaired) electrons. The second kappa shape index (κ2) is 7.24.